The Morgan fingerprint density at radius 1 is 1.21 bits per heavy atom. The smallest absolute Gasteiger partial charge is 0.330 e. The first-order chi connectivity index (χ1) is 11.3. The maximum atomic E-state index is 11.4. The molecule has 1 aliphatic carbocycles. The maximum Gasteiger partial charge on any atom is 0.330 e. The van der Waals surface area contributed by atoms with E-state index in [1.54, 1.807) is 6.08 Å². The van der Waals surface area contributed by atoms with Crippen LogP contribution in [0.3, 0.4) is 0 Å². The normalized spacial score (nSPS) is 24.0. The summed E-state index contributed by atoms with van der Waals surface area (Å²) in [5.74, 6) is 0.826. The van der Waals surface area contributed by atoms with Crippen LogP contribution in [-0.2, 0) is 14.0 Å². The highest BCUT2D eigenvalue weighted by molar-refractivity contribution is 6.48. The van der Waals surface area contributed by atoms with Crippen molar-refractivity contribution in [3.8, 4) is 0 Å². The lowest BCUT2D eigenvalue weighted by atomic mass is 9.69. The molecule has 1 rings (SSSR count). The van der Waals surface area contributed by atoms with Crippen LogP contribution in [0.25, 0.3) is 0 Å². The van der Waals surface area contributed by atoms with Crippen LogP contribution < -0.4 is 0 Å². The maximum absolute atomic E-state index is 11.4. The highest BCUT2D eigenvalue weighted by Crippen LogP contribution is 2.41. The highest BCUT2D eigenvalue weighted by atomic mass is 28.3. The van der Waals surface area contributed by atoms with Crippen molar-refractivity contribution in [2.24, 2.45) is 17.3 Å². The second-order valence-corrected chi connectivity index (χ2v) is 10.4. The van der Waals surface area contributed by atoms with E-state index in [2.05, 4.69) is 39.9 Å². The Morgan fingerprint density at radius 2 is 1.88 bits per heavy atom. The fourth-order valence-electron chi connectivity index (χ4n) is 3.57. The minimum absolute atomic E-state index is 0.159. The fourth-order valence-corrected chi connectivity index (χ4v) is 4.77. The van der Waals surface area contributed by atoms with Crippen LogP contribution in [0.15, 0.2) is 24.3 Å². The van der Waals surface area contributed by atoms with E-state index in [1.807, 2.05) is 13.0 Å². The van der Waals surface area contributed by atoms with Crippen LogP contribution in [0.1, 0.15) is 53.4 Å². The average Bonchev–Trinajstić information content (AvgIpc) is 2.49. The molecule has 0 aromatic carbocycles. The number of rotatable bonds is 7. The summed E-state index contributed by atoms with van der Waals surface area (Å²) in [5, 5.41) is 0. The van der Waals surface area contributed by atoms with Gasteiger partial charge < -0.3 is 9.16 Å². The average molecular weight is 353 g/mol. The van der Waals surface area contributed by atoms with Gasteiger partial charge in [-0.2, -0.15) is 0 Å². The van der Waals surface area contributed by atoms with Crippen molar-refractivity contribution in [2.45, 2.75) is 72.6 Å². The van der Waals surface area contributed by atoms with Gasteiger partial charge in [-0.05, 0) is 50.1 Å². The Kier molecular flexibility index (Phi) is 8.99. The van der Waals surface area contributed by atoms with E-state index in [9.17, 15) is 4.79 Å². The zero-order chi connectivity index (χ0) is 18.2. The van der Waals surface area contributed by atoms with Gasteiger partial charge in [0.25, 0.3) is 0 Å². The lowest BCUT2D eigenvalue weighted by Gasteiger charge is -2.43. The first-order valence-electron chi connectivity index (χ1n) is 9.42. The summed E-state index contributed by atoms with van der Waals surface area (Å²) in [6.45, 7) is 13.6. The van der Waals surface area contributed by atoms with E-state index >= 15 is 0 Å². The number of hydrogen-bond acceptors (Lipinski definition) is 3. The number of carbonyl (C=O) groups excluding carboxylic acids is 1. The second-order valence-electron chi connectivity index (χ2n) is 8.08. The zero-order valence-corrected chi connectivity index (χ0v) is 17.5. The van der Waals surface area contributed by atoms with Crippen molar-refractivity contribution in [3.63, 3.8) is 0 Å². The van der Waals surface area contributed by atoms with Gasteiger partial charge in [0.15, 0.2) is 9.04 Å². The van der Waals surface area contributed by atoms with E-state index in [-0.39, 0.29) is 11.4 Å². The fraction of sp³-hybridized carbons (Fsp3) is 0.750. The Bertz CT molecular complexity index is 435. The number of allylic oxidation sites excluding steroid dienone is 3. The Hall–Kier alpha value is -0.873. The molecule has 3 nitrogen and oxygen atoms in total. The monoisotopic (exact) mass is 352 g/mol. The first-order valence-corrected chi connectivity index (χ1v) is 12.2. The molecule has 138 valence electrons. The predicted molar refractivity (Wildman–Crippen MR) is 104 cm³/mol. The Balaban J connectivity index is 2.80. The van der Waals surface area contributed by atoms with Crippen LogP contribution in [0, 0.1) is 17.3 Å². The van der Waals surface area contributed by atoms with Crippen LogP contribution >= 0.6 is 0 Å². The first kappa shape index (κ1) is 21.2. The van der Waals surface area contributed by atoms with Crippen LogP contribution in [-0.4, -0.2) is 27.7 Å². The van der Waals surface area contributed by atoms with Crippen molar-refractivity contribution < 1.29 is 14.0 Å². The minimum atomic E-state index is -1.08. The largest absolute Gasteiger partial charge is 0.463 e. The minimum Gasteiger partial charge on any atom is -0.463 e. The number of esters is 1. The topological polar surface area (TPSA) is 35.5 Å². The lowest BCUT2D eigenvalue weighted by molar-refractivity contribution is -0.137. The summed E-state index contributed by atoms with van der Waals surface area (Å²) >= 11 is 0. The van der Waals surface area contributed by atoms with Crippen molar-refractivity contribution in [1.82, 2.24) is 0 Å². The van der Waals surface area contributed by atoms with Crippen LogP contribution in [0.2, 0.25) is 13.1 Å². The molecule has 0 spiro atoms. The quantitative estimate of drug-likeness (QED) is 0.283. The van der Waals surface area contributed by atoms with Crippen molar-refractivity contribution in [2.75, 3.05) is 6.61 Å². The van der Waals surface area contributed by atoms with Crippen molar-refractivity contribution in [3.05, 3.63) is 24.3 Å². The molecule has 4 heteroatoms. The summed E-state index contributed by atoms with van der Waals surface area (Å²) in [7, 11) is -1.08. The Labute approximate surface area is 150 Å². The molecular weight excluding hydrogens is 316 g/mol. The molecule has 0 aliphatic heterocycles. The molecule has 0 aromatic heterocycles. The molecule has 0 N–H and O–H groups in total. The summed E-state index contributed by atoms with van der Waals surface area (Å²) < 4.78 is 11.4. The molecule has 0 bridgehead atoms. The molecule has 0 saturated heterocycles. The number of hydrogen-bond donors (Lipinski definition) is 0. The summed E-state index contributed by atoms with van der Waals surface area (Å²) in [6.07, 6.45) is 12.9. The van der Waals surface area contributed by atoms with Gasteiger partial charge in [-0.25, -0.2) is 4.79 Å². The third kappa shape index (κ3) is 7.35. The third-order valence-electron chi connectivity index (χ3n) is 4.52. The van der Waals surface area contributed by atoms with Gasteiger partial charge in [-0.1, -0.05) is 51.8 Å². The molecule has 1 unspecified atom stereocenters. The van der Waals surface area contributed by atoms with Gasteiger partial charge in [-0.15, -0.1) is 0 Å². The van der Waals surface area contributed by atoms with Gasteiger partial charge in [0.1, 0.15) is 0 Å². The molecule has 1 aliphatic rings. The van der Waals surface area contributed by atoms with Gasteiger partial charge >= 0.3 is 5.97 Å². The molecule has 24 heavy (non-hydrogen) atoms. The SMILES string of the molecule is CCOC(=O)C=CC=C[C@H]1CCCC[C@H]1C(O[SiH](C)C)C(C)(C)C. The second kappa shape index (κ2) is 10.2. The molecule has 0 amide bonds. The Morgan fingerprint density at radius 3 is 2.46 bits per heavy atom. The lowest BCUT2D eigenvalue weighted by Crippen LogP contribution is -2.43. The molecule has 1 fully saturated rings. The molecule has 0 heterocycles. The summed E-state index contributed by atoms with van der Waals surface area (Å²) in [6, 6.07) is 0. The van der Waals surface area contributed by atoms with Crippen molar-refractivity contribution >= 4 is 15.0 Å². The van der Waals surface area contributed by atoms with E-state index in [1.165, 1.54) is 31.8 Å². The van der Waals surface area contributed by atoms with E-state index in [0.717, 1.165) is 0 Å². The number of ether oxygens (including phenoxy) is 1. The van der Waals surface area contributed by atoms with E-state index in [0.29, 0.717) is 24.5 Å². The van der Waals surface area contributed by atoms with Crippen molar-refractivity contribution in [1.29, 1.82) is 0 Å². The van der Waals surface area contributed by atoms with E-state index < -0.39 is 9.04 Å². The van der Waals surface area contributed by atoms with Crippen LogP contribution in [0.4, 0.5) is 0 Å². The van der Waals surface area contributed by atoms with Gasteiger partial charge in [0.05, 0.1) is 12.7 Å². The van der Waals surface area contributed by atoms with Crippen LogP contribution in [0.5, 0.6) is 0 Å². The highest BCUT2D eigenvalue weighted by Gasteiger charge is 2.38. The standard InChI is InChI=1S/C20H36O3Si/c1-7-22-18(21)15-11-9-13-16-12-8-10-14-17(16)19(20(2,3)4)23-24(5)6/h9,11,13,15-17,19,24H,7-8,10,12,14H2,1-6H3/t16-,17-,19?/m1/s1. The molecule has 0 radical (unpaired) electrons. The third-order valence-corrected chi connectivity index (χ3v) is 5.36. The van der Waals surface area contributed by atoms with Gasteiger partial charge in [0, 0.05) is 6.08 Å². The predicted octanol–water partition coefficient (Wildman–Crippen LogP) is 4.88. The molecular formula is C20H36O3Si. The molecule has 0 aromatic rings. The summed E-state index contributed by atoms with van der Waals surface area (Å²) in [4.78, 5) is 11.4. The molecule has 3 atom stereocenters. The van der Waals surface area contributed by atoms with Gasteiger partial charge in [0.2, 0.25) is 0 Å². The van der Waals surface area contributed by atoms with Gasteiger partial charge in [-0.3, -0.25) is 0 Å². The molecule has 1 saturated carbocycles. The van der Waals surface area contributed by atoms with E-state index in [4.69, 9.17) is 9.16 Å². The zero-order valence-electron chi connectivity index (χ0n) is 16.4. The number of carbonyl (C=O) groups is 1. The summed E-state index contributed by atoms with van der Waals surface area (Å²) in [5.41, 5.74) is 0.159.